The Morgan fingerprint density at radius 1 is 1.25 bits per heavy atom. The van der Waals surface area contributed by atoms with Gasteiger partial charge in [-0.3, -0.25) is 0 Å². The zero-order chi connectivity index (χ0) is 11.6. The number of hydrogen-bond donors (Lipinski definition) is 2. The molecule has 2 nitrogen and oxygen atoms in total. The molecule has 3 N–H and O–H groups in total. The Bertz CT molecular complexity index is 370. The van der Waals surface area contributed by atoms with Crippen molar-refractivity contribution in [3.8, 4) is 0 Å². The number of nitrogens with two attached hydrogens (primary N) is 1. The van der Waals surface area contributed by atoms with Crippen LogP contribution in [0.3, 0.4) is 0 Å². The predicted octanol–water partition coefficient (Wildman–Crippen LogP) is 4.01. The molecule has 0 heterocycles. The highest BCUT2D eigenvalue weighted by atomic mass is 127. The summed E-state index contributed by atoms with van der Waals surface area (Å²) in [6, 6.07) is 6.09. The van der Waals surface area contributed by atoms with Crippen LogP contribution in [0.15, 0.2) is 18.2 Å². The van der Waals surface area contributed by atoms with Crippen LogP contribution in [0.4, 0.5) is 11.4 Å². The fourth-order valence-electron chi connectivity index (χ4n) is 2.41. The predicted molar refractivity (Wildman–Crippen MR) is 78.7 cm³/mol. The van der Waals surface area contributed by atoms with Crippen LogP contribution >= 0.6 is 22.6 Å². The molecule has 0 saturated heterocycles. The van der Waals surface area contributed by atoms with E-state index in [1.807, 2.05) is 12.1 Å². The summed E-state index contributed by atoms with van der Waals surface area (Å²) in [5.41, 5.74) is 8.09. The van der Waals surface area contributed by atoms with Gasteiger partial charge in [-0.05, 0) is 60.6 Å². The van der Waals surface area contributed by atoms with Crippen LogP contribution in [0.1, 0.15) is 39.0 Å². The van der Waals surface area contributed by atoms with Gasteiger partial charge in [-0.1, -0.05) is 19.3 Å². The van der Waals surface area contributed by atoms with Crippen LogP contribution < -0.4 is 11.1 Å². The van der Waals surface area contributed by atoms with Gasteiger partial charge in [0.2, 0.25) is 0 Å². The van der Waals surface area contributed by atoms with E-state index in [2.05, 4.69) is 40.9 Å². The molecule has 1 aromatic carbocycles. The van der Waals surface area contributed by atoms with E-state index in [1.54, 1.807) is 0 Å². The van der Waals surface area contributed by atoms with Crippen molar-refractivity contribution in [3.05, 3.63) is 21.8 Å². The summed E-state index contributed by atoms with van der Waals surface area (Å²) in [5.74, 6) is 0. The molecule has 0 aromatic heterocycles. The summed E-state index contributed by atoms with van der Waals surface area (Å²) in [4.78, 5) is 0. The van der Waals surface area contributed by atoms with Gasteiger partial charge >= 0.3 is 0 Å². The Morgan fingerprint density at radius 2 is 1.94 bits per heavy atom. The summed E-state index contributed by atoms with van der Waals surface area (Å²) in [7, 11) is 0. The number of benzene rings is 1. The number of halogens is 1. The minimum Gasteiger partial charge on any atom is -0.399 e. The number of rotatable bonds is 2. The lowest BCUT2D eigenvalue weighted by molar-refractivity contribution is 0.349. The molecule has 0 unspecified atom stereocenters. The van der Waals surface area contributed by atoms with E-state index in [4.69, 9.17) is 5.73 Å². The van der Waals surface area contributed by atoms with Crippen LogP contribution in [0.2, 0.25) is 0 Å². The molecule has 1 aromatic rings. The minimum atomic E-state index is 0.272. The lowest BCUT2D eigenvalue weighted by atomic mass is 9.83. The molecule has 3 heteroatoms. The molecule has 16 heavy (non-hydrogen) atoms. The Balaban J connectivity index is 2.13. The molecule has 0 bridgehead atoms. The van der Waals surface area contributed by atoms with E-state index in [1.165, 1.54) is 41.4 Å². The van der Waals surface area contributed by atoms with Crippen LogP contribution in [0.25, 0.3) is 0 Å². The zero-order valence-corrected chi connectivity index (χ0v) is 11.9. The van der Waals surface area contributed by atoms with Crippen molar-refractivity contribution in [2.75, 3.05) is 11.1 Å². The first-order valence-electron chi connectivity index (χ1n) is 5.92. The molecule has 1 saturated carbocycles. The fraction of sp³-hybridized carbons (Fsp3) is 0.538. The highest BCUT2D eigenvalue weighted by Gasteiger charge is 2.26. The van der Waals surface area contributed by atoms with E-state index >= 15 is 0 Å². The molecule has 1 fully saturated rings. The van der Waals surface area contributed by atoms with Crippen LogP contribution in [-0.2, 0) is 0 Å². The first-order chi connectivity index (χ1) is 7.59. The number of nitrogens with one attached hydrogen (secondary N) is 1. The SMILES string of the molecule is CC1(Nc2ccc(N)cc2I)CCCCC1. The molecule has 2 rings (SSSR count). The molecule has 1 aliphatic carbocycles. The van der Waals surface area contributed by atoms with Crippen molar-refractivity contribution in [1.29, 1.82) is 0 Å². The maximum atomic E-state index is 5.76. The molecule has 0 amide bonds. The molecule has 0 aliphatic heterocycles. The Morgan fingerprint density at radius 3 is 2.56 bits per heavy atom. The quantitative estimate of drug-likeness (QED) is 0.635. The summed E-state index contributed by atoms with van der Waals surface area (Å²) >= 11 is 2.35. The third-order valence-electron chi connectivity index (χ3n) is 3.39. The maximum Gasteiger partial charge on any atom is 0.0481 e. The Hall–Kier alpha value is -0.450. The van der Waals surface area contributed by atoms with Crippen LogP contribution in [0, 0.1) is 3.57 Å². The summed E-state index contributed by atoms with van der Waals surface area (Å²) in [6.45, 7) is 2.33. The standard InChI is InChI=1S/C13H19IN2/c1-13(7-3-2-4-8-13)16-12-6-5-10(15)9-11(12)14/h5-6,9,16H,2-4,7-8,15H2,1H3. The molecule has 0 atom stereocenters. The molecule has 1 aliphatic rings. The zero-order valence-electron chi connectivity index (χ0n) is 9.72. The van der Waals surface area contributed by atoms with Gasteiger partial charge in [0.1, 0.15) is 0 Å². The van der Waals surface area contributed by atoms with Gasteiger partial charge in [0.25, 0.3) is 0 Å². The fourth-order valence-corrected chi connectivity index (χ4v) is 3.09. The van der Waals surface area contributed by atoms with Crippen molar-refractivity contribution in [2.24, 2.45) is 0 Å². The first kappa shape index (κ1) is 12.0. The largest absolute Gasteiger partial charge is 0.399 e. The lowest BCUT2D eigenvalue weighted by Gasteiger charge is -2.36. The third-order valence-corrected chi connectivity index (χ3v) is 4.28. The lowest BCUT2D eigenvalue weighted by Crippen LogP contribution is -2.37. The monoisotopic (exact) mass is 330 g/mol. The molecular weight excluding hydrogens is 311 g/mol. The number of nitrogen functional groups attached to an aromatic ring is 1. The normalized spacial score (nSPS) is 19.4. The van der Waals surface area contributed by atoms with Gasteiger partial charge in [0, 0.05) is 20.5 Å². The van der Waals surface area contributed by atoms with Crippen molar-refractivity contribution in [3.63, 3.8) is 0 Å². The van der Waals surface area contributed by atoms with Crippen LogP contribution in [0.5, 0.6) is 0 Å². The van der Waals surface area contributed by atoms with Crippen LogP contribution in [-0.4, -0.2) is 5.54 Å². The smallest absolute Gasteiger partial charge is 0.0481 e. The van der Waals surface area contributed by atoms with E-state index in [-0.39, 0.29) is 5.54 Å². The van der Waals surface area contributed by atoms with Gasteiger partial charge in [0.05, 0.1) is 0 Å². The van der Waals surface area contributed by atoms with Gasteiger partial charge in [0.15, 0.2) is 0 Å². The number of hydrogen-bond acceptors (Lipinski definition) is 2. The van der Waals surface area contributed by atoms with Gasteiger partial charge < -0.3 is 11.1 Å². The van der Waals surface area contributed by atoms with Gasteiger partial charge in [-0.15, -0.1) is 0 Å². The third kappa shape index (κ3) is 2.81. The Kier molecular flexibility index (Phi) is 3.62. The summed E-state index contributed by atoms with van der Waals surface area (Å²) < 4.78 is 1.21. The summed E-state index contributed by atoms with van der Waals surface area (Å²) in [5, 5.41) is 3.69. The number of anilines is 2. The molecule has 0 spiro atoms. The highest BCUT2D eigenvalue weighted by molar-refractivity contribution is 14.1. The second-order valence-electron chi connectivity index (χ2n) is 4.99. The van der Waals surface area contributed by atoms with Gasteiger partial charge in [-0.2, -0.15) is 0 Å². The Labute approximate surface area is 111 Å². The average Bonchev–Trinajstić information content (AvgIpc) is 2.23. The van der Waals surface area contributed by atoms with Crippen molar-refractivity contribution >= 4 is 34.0 Å². The second-order valence-corrected chi connectivity index (χ2v) is 6.15. The minimum absolute atomic E-state index is 0.272. The van der Waals surface area contributed by atoms with Crippen molar-refractivity contribution < 1.29 is 0 Å². The van der Waals surface area contributed by atoms with E-state index < -0.39 is 0 Å². The summed E-state index contributed by atoms with van der Waals surface area (Å²) in [6.07, 6.45) is 6.61. The van der Waals surface area contributed by atoms with Crippen molar-refractivity contribution in [1.82, 2.24) is 0 Å². The second kappa shape index (κ2) is 4.82. The molecule has 88 valence electrons. The van der Waals surface area contributed by atoms with Crippen molar-refractivity contribution in [2.45, 2.75) is 44.6 Å². The van der Waals surface area contributed by atoms with E-state index in [9.17, 15) is 0 Å². The topological polar surface area (TPSA) is 38.0 Å². The molecular formula is C13H19IN2. The van der Waals surface area contributed by atoms with E-state index in [0.717, 1.165) is 5.69 Å². The van der Waals surface area contributed by atoms with E-state index in [0.29, 0.717) is 0 Å². The first-order valence-corrected chi connectivity index (χ1v) is 7.00. The molecule has 0 radical (unpaired) electrons. The maximum absolute atomic E-state index is 5.76. The van der Waals surface area contributed by atoms with Gasteiger partial charge in [-0.25, -0.2) is 0 Å². The average molecular weight is 330 g/mol. The highest BCUT2D eigenvalue weighted by Crippen LogP contribution is 2.33.